The average Bonchev–Trinajstić information content (AvgIpc) is 2.91. The number of benzene rings is 2. The molecular formula is C28H33BrN2O5S. The second kappa shape index (κ2) is 12.4. The first kappa shape index (κ1) is 27.6. The van der Waals surface area contributed by atoms with Crippen LogP contribution < -0.4 is 4.74 Å². The summed E-state index contributed by atoms with van der Waals surface area (Å²) in [5.41, 5.74) is 1.10. The maximum absolute atomic E-state index is 13.5. The van der Waals surface area contributed by atoms with Gasteiger partial charge in [0, 0.05) is 24.1 Å². The summed E-state index contributed by atoms with van der Waals surface area (Å²) in [6.45, 7) is 4.55. The van der Waals surface area contributed by atoms with E-state index in [4.69, 9.17) is 4.74 Å². The van der Waals surface area contributed by atoms with Crippen LogP contribution in [0.25, 0.3) is 0 Å². The third-order valence-electron chi connectivity index (χ3n) is 7.21. The highest BCUT2D eigenvalue weighted by Crippen LogP contribution is 2.37. The summed E-state index contributed by atoms with van der Waals surface area (Å²) in [4.78, 5) is 16.8. The standard InChI is InChI=1S/C28H33BrN2O5S/c29-24-8-6-23(7-9-24)22-31-19-14-28(15-20-31,27(32)33)37(34,35)26-12-10-25(11-13-26)36-21-5-4-18-30-16-2-1-3-17-30/h6-13H,1-3,14-22H2,(H,32,33). The number of piperidine rings is 2. The van der Waals surface area contributed by atoms with Crippen molar-refractivity contribution in [2.45, 2.75) is 48.3 Å². The molecule has 2 aromatic rings. The van der Waals surface area contributed by atoms with E-state index in [0.717, 1.165) is 29.7 Å². The van der Waals surface area contributed by atoms with E-state index in [1.54, 1.807) is 12.1 Å². The number of hydrogen-bond donors (Lipinski definition) is 1. The van der Waals surface area contributed by atoms with Gasteiger partial charge in [0.25, 0.3) is 0 Å². The van der Waals surface area contributed by atoms with Crippen molar-refractivity contribution in [3.8, 4) is 17.6 Å². The molecule has 2 aromatic carbocycles. The molecular weight excluding hydrogens is 556 g/mol. The number of carboxylic acid groups (broad SMARTS) is 1. The van der Waals surface area contributed by atoms with Crippen LogP contribution in [0.4, 0.5) is 0 Å². The van der Waals surface area contributed by atoms with Gasteiger partial charge in [0.15, 0.2) is 14.6 Å². The maximum atomic E-state index is 13.5. The minimum atomic E-state index is -4.10. The highest BCUT2D eigenvalue weighted by atomic mass is 79.9. The van der Waals surface area contributed by atoms with Crippen LogP contribution in [0.15, 0.2) is 57.9 Å². The summed E-state index contributed by atoms with van der Waals surface area (Å²) in [7, 11) is -4.10. The second-order valence-corrected chi connectivity index (χ2v) is 12.8. The summed E-state index contributed by atoms with van der Waals surface area (Å²) in [6, 6.07) is 13.9. The molecule has 198 valence electrons. The molecule has 9 heteroatoms. The van der Waals surface area contributed by atoms with Crippen LogP contribution in [0.5, 0.6) is 5.75 Å². The van der Waals surface area contributed by atoms with Crippen molar-refractivity contribution in [2.75, 3.05) is 39.3 Å². The number of aliphatic carboxylic acids is 1. The van der Waals surface area contributed by atoms with E-state index in [-0.39, 0.29) is 24.3 Å². The number of ether oxygens (including phenoxy) is 1. The molecule has 2 aliphatic heterocycles. The van der Waals surface area contributed by atoms with Crippen molar-refractivity contribution in [3.05, 3.63) is 58.6 Å². The number of hydrogen-bond acceptors (Lipinski definition) is 6. The molecule has 0 bridgehead atoms. The maximum Gasteiger partial charge on any atom is 0.325 e. The molecule has 0 aliphatic carbocycles. The molecule has 2 heterocycles. The van der Waals surface area contributed by atoms with Gasteiger partial charge >= 0.3 is 5.97 Å². The zero-order chi connectivity index (χ0) is 26.3. The topological polar surface area (TPSA) is 87.1 Å². The molecule has 1 N–H and O–H groups in total. The monoisotopic (exact) mass is 588 g/mol. The Hall–Kier alpha value is -2.38. The van der Waals surface area contributed by atoms with E-state index in [2.05, 4.69) is 37.6 Å². The number of halogens is 1. The van der Waals surface area contributed by atoms with E-state index in [0.29, 0.717) is 25.4 Å². The molecule has 37 heavy (non-hydrogen) atoms. The van der Waals surface area contributed by atoms with Gasteiger partial charge in [0.2, 0.25) is 0 Å². The van der Waals surface area contributed by atoms with Gasteiger partial charge in [-0.2, -0.15) is 0 Å². The molecule has 0 spiro atoms. The number of rotatable bonds is 8. The zero-order valence-electron chi connectivity index (χ0n) is 20.9. The Labute approximate surface area is 227 Å². The summed E-state index contributed by atoms with van der Waals surface area (Å²) in [6.07, 6.45) is 3.80. The van der Waals surface area contributed by atoms with Crippen molar-refractivity contribution in [3.63, 3.8) is 0 Å². The lowest BCUT2D eigenvalue weighted by Crippen LogP contribution is -2.54. The molecule has 2 saturated heterocycles. The fourth-order valence-electron chi connectivity index (χ4n) is 4.91. The predicted octanol–water partition coefficient (Wildman–Crippen LogP) is 4.21. The first-order valence-corrected chi connectivity index (χ1v) is 14.9. The van der Waals surface area contributed by atoms with Crippen molar-refractivity contribution < 1.29 is 23.1 Å². The lowest BCUT2D eigenvalue weighted by atomic mass is 9.95. The number of carboxylic acids is 1. The van der Waals surface area contributed by atoms with Crippen LogP contribution in [-0.4, -0.2) is 73.4 Å². The summed E-state index contributed by atoms with van der Waals surface area (Å²) < 4.78 is 31.9. The highest BCUT2D eigenvalue weighted by molar-refractivity contribution is 9.10. The van der Waals surface area contributed by atoms with Crippen molar-refractivity contribution in [1.82, 2.24) is 9.80 Å². The highest BCUT2D eigenvalue weighted by Gasteiger charge is 2.53. The molecule has 0 unspecified atom stereocenters. The van der Waals surface area contributed by atoms with Gasteiger partial charge in [-0.1, -0.05) is 46.3 Å². The zero-order valence-corrected chi connectivity index (χ0v) is 23.3. The van der Waals surface area contributed by atoms with E-state index >= 15 is 0 Å². The normalized spacial score (nSPS) is 18.5. The fraction of sp³-hybridized carbons (Fsp3) is 0.464. The van der Waals surface area contributed by atoms with Gasteiger partial charge in [0.1, 0.15) is 12.4 Å². The molecule has 0 aromatic heterocycles. The predicted molar refractivity (Wildman–Crippen MR) is 146 cm³/mol. The third-order valence-corrected chi connectivity index (χ3v) is 10.2. The molecule has 4 rings (SSSR count). The molecule has 7 nitrogen and oxygen atoms in total. The van der Waals surface area contributed by atoms with Crippen LogP contribution in [-0.2, 0) is 21.2 Å². The molecule has 0 amide bonds. The van der Waals surface area contributed by atoms with Gasteiger partial charge in [-0.05, 0) is 80.7 Å². The number of nitrogens with zero attached hydrogens (tertiary/aromatic N) is 2. The van der Waals surface area contributed by atoms with Crippen molar-refractivity contribution in [1.29, 1.82) is 0 Å². The van der Waals surface area contributed by atoms with Crippen molar-refractivity contribution >= 4 is 31.7 Å². The smallest absolute Gasteiger partial charge is 0.325 e. The average molecular weight is 590 g/mol. The van der Waals surface area contributed by atoms with Crippen LogP contribution in [0.3, 0.4) is 0 Å². The van der Waals surface area contributed by atoms with Gasteiger partial charge < -0.3 is 9.84 Å². The van der Waals surface area contributed by atoms with E-state index in [9.17, 15) is 18.3 Å². The Bertz CT molecular complexity index is 1220. The third kappa shape index (κ3) is 6.74. The minimum Gasteiger partial charge on any atom is -0.481 e. The van der Waals surface area contributed by atoms with E-state index in [1.165, 1.54) is 31.4 Å². The molecule has 2 fully saturated rings. The van der Waals surface area contributed by atoms with E-state index < -0.39 is 20.6 Å². The Kier molecular flexibility index (Phi) is 9.30. The summed E-state index contributed by atoms with van der Waals surface area (Å²) in [5, 5.41) is 10.1. The minimum absolute atomic E-state index is 0.000192. The van der Waals surface area contributed by atoms with Crippen LogP contribution in [0, 0.1) is 11.8 Å². The summed E-state index contributed by atoms with van der Waals surface area (Å²) in [5.74, 6) is 5.34. The Morgan fingerprint density at radius 3 is 2.19 bits per heavy atom. The molecule has 0 saturated carbocycles. The van der Waals surface area contributed by atoms with Gasteiger partial charge in [-0.15, -0.1) is 0 Å². The molecule has 0 radical (unpaired) electrons. The largest absolute Gasteiger partial charge is 0.481 e. The number of carbonyl (C=O) groups is 1. The van der Waals surface area contributed by atoms with Crippen LogP contribution >= 0.6 is 15.9 Å². The molecule has 2 aliphatic rings. The lowest BCUT2D eigenvalue weighted by molar-refractivity contribution is -0.141. The van der Waals surface area contributed by atoms with Crippen molar-refractivity contribution in [2.24, 2.45) is 0 Å². The first-order valence-electron chi connectivity index (χ1n) is 12.7. The van der Waals surface area contributed by atoms with E-state index in [1.807, 2.05) is 24.3 Å². The second-order valence-electron chi connectivity index (χ2n) is 9.66. The fourth-order valence-corrected chi connectivity index (χ4v) is 7.07. The number of likely N-dealkylation sites (tertiary alicyclic amines) is 2. The number of sulfone groups is 1. The quantitative estimate of drug-likeness (QED) is 0.462. The Morgan fingerprint density at radius 1 is 0.919 bits per heavy atom. The van der Waals surface area contributed by atoms with Gasteiger partial charge in [-0.3, -0.25) is 14.6 Å². The van der Waals surface area contributed by atoms with Crippen LogP contribution in [0.1, 0.15) is 37.7 Å². The lowest BCUT2D eigenvalue weighted by Gasteiger charge is -2.38. The SMILES string of the molecule is O=C(O)C1(S(=O)(=O)c2ccc(OCC#CCN3CCCCC3)cc2)CCN(Cc2ccc(Br)cc2)CC1. The molecule has 0 atom stereocenters. The van der Waals surface area contributed by atoms with Crippen LogP contribution in [0.2, 0.25) is 0 Å². The Balaban J connectivity index is 1.35. The summed E-state index contributed by atoms with van der Waals surface area (Å²) >= 11 is 3.42. The van der Waals surface area contributed by atoms with Gasteiger partial charge in [-0.25, -0.2) is 8.42 Å². The first-order chi connectivity index (χ1) is 17.8. The van der Waals surface area contributed by atoms with Gasteiger partial charge in [0.05, 0.1) is 11.4 Å². The Morgan fingerprint density at radius 2 is 1.57 bits per heavy atom.